The predicted molar refractivity (Wildman–Crippen MR) is 137 cm³/mol. The van der Waals surface area contributed by atoms with Crippen molar-refractivity contribution in [3.05, 3.63) is 0 Å². The summed E-state index contributed by atoms with van der Waals surface area (Å²) in [5.74, 6) is 0.0112. The molecule has 0 N–H and O–H groups in total. The van der Waals surface area contributed by atoms with E-state index in [1.54, 1.807) is 0 Å². The van der Waals surface area contributed by atoms with Crippen LogP contribution in [0.5, 0.6) is 0 Å². The molecule has 0 rings (SSSR count). The van der Waals surface area contributed by atoms with Crippen LogP contribution in [-0.2, 0) is 9.53 Å². The molecule has 31 heavy (non-hydrogen) atoms. The molecule has 0 bridgehead atoms. The summed E-state index contributed by atoms with van der Waals surface area (Å²) in [7, 11) is 0. The minimum Gasteiger partial charge on any atom is -0.466 e. The molecule has 0 atom stereocenters. The molecule has 0 aromatic heterocycles. The molecule has 0 aliphatic rings. The summed E-state index contributed by atoms with van der Waals surface area (Å²) in [5.41, 5.74) is 0. The van der Waals surface area contributed by atoms with Crippen LogP contribution in [-0.4, -0.2) is 37.1 Å². The minimum atomic E-state index is 0.0112. The van der Waals surface area contributed by atoms with Gasteiger partial charge in [0, 0.05) is 6.42 Å². The molecule has 0 aromatic rings. The molecular weight excluding hydrogens is 382 g/mol. The number of hydrogen-bond donors (Lipinski definition) is 0. The monoisotopic (exact) mass is 439 g/mol. The molecule has 0 aliphatic carbocycles. The van der Waals surface area contributed by atoms with Crippen molar-refractivity contribution in [1.29, 1.82) is 0 Å². The first kappa shape index (κ1) is 30.4. The maximum atomic E-state index is 11.9. The fourth-order valence-electron chi connectivity index (χ4n) is 4.22. The largest absolute Gasteiger partial charge is 0.466 e. The predicted octanol–water partition coefficient (Wildman–Crippen LogP) is 8.69. The van der Waals surface area contributed by atoms with Gasteiger partial charge in [0.25, 0.3) is 0 Å². The average Bonchev–Trinajstić information content (AvgIpc) is 2.77. The molecule has 0 aliphatic heterocycles. The highest BCUT2D eigenvalue weighted by atomic mass is 16.5. The second-order valence-electron chi connectivity index (χ2n) is 9.47. The standard InChI is InChI=1S/C28H57NO2/c1-4-7-9-11-13-14-15-17-22-27-31-28(30)23-19-18-21-26-29(24-6-3)25-20-16-12-10-8-5-2/h4-27H2,1-3H3. The highest BCUT2D eigenvalue weighted by molar-refractivity contribution is 5.69. The van der Waals surface area contributed by atoms with Crippen LogP contribution < -0.4 is 0 Å². The lowest BCUT2D eigenvalue weighted by atomic mass is 10.1. The van der Waals surface area contributed by atoms with E-state index in [-0.39, 0.29) is 5.97 Å². The fourth-order valence-corrected chi connectivity index (χ4v) is 4.22. The van der Waals surface area contributed by atoms with Crippen molar-refractivity contribution in [2.75, 3.05) is 26.2 Å². The van der Waals surface area contributed by atoms with Crippen LogP contribution in [0.25, 0.3) is 0 Å². The highest BCUT2D eigenvalue weighted by Gasteiger charge is 2.06. The van der Waals surface area contributed by atoms with Crippen molar-refractivity contribution in [2.45, 2.75) is 149 Å². The van der Waals surface area contributed by atoms with Crippen molar-refractivity contribution in [3.63, 3.8) is 0 Å². The molecule has 0 amide bonds. The summed E-state index contributed by atoms with van der Waals surface area (Å²) in [6.07, 6.45) is 25.1. The third kappa shape index (κ3) is 23.9. The number of hydrogen-bond acceptors (Lipinski definition) is 3. The third-order valence-corrected chi connectivity index (χ3v) is 6.23. The van der Waals surface area contributed by atoms with Gasteiger partial charge in [-0.3, -0.25) is 4.79 Å². The molecule has 0 saturated carbocycles. The van der Waals surface area contributed by atoms with Gasteiger partial charge in [0.2, 0.25) is 0 Å². The van der Waals surface area contributed by atoms with Gasteiger partial charge in [-0.1, -0.05) is 111 Å². The quantitative estimate of drug-likeness (QED) is 0.105. The molecule has 0 aromatic carbocycles. The zero-order valence-corrected chi connectivity index (χ0v) is 21.7. The number of carbonyl (C=O) groups excluding carboxylic acids is 1. The minimum absolute atomic E-state index is 0.0112. The van der Waals surface area contributed by atoms with Crippen LogP contribution in [0, 0.1) is 0 Å². The summed E-state index contributed by atoms with van der Waals surface area (Å²) < 4.78 is 5.41. The molecule has 0 unspecified atom stereocenters. The van der Waals surface area contributed by atoms with E-state index in [1.807, 2.05) is 0 Å². The lowest BCUT2D eigenvalue weighted by Crippen LogP contribution is -2.27. The van der Waals surface area contributed by atoms with Crippen LogP contribution in [0.3, 0.4) is 0 Å². The van der Waals surface area contributed by atoms with Crippen LogP contribution in [0.4, 0.5) is 0 Å². The highest BCUT2D eigenvalue weighted by Crippen LogP contribution is 2.11. The van der Waals surface area contributed by atoms with E-state index in [4.69, 9.17) is 4.74 Å². The Morgan fingerprint density at radius 2 is 0.968 bits per heavy atom. The zero-order valence-electron chi connectivity index (χ0n) is 21.7. The average molecular weight is 440 g/mol. The first-order valence-corrected chi connectivity index (χ1v) is 14.1. The van der Waals surface area contributed by atoms with Gasteiger partial charge in [-0.25, -0.2) is 0 Å². The number of carbonyl (C=O) groups is 1. The molecule has 186 valence electrons. The van der Waals surface area contributed by atoms with Gasteiger partial charge in [-0.05, 0) is 51.7 Å². The van der Waals surface area contributed by atoms with Gasteiger partial charge in [0.05, 0.1) is 6.61 Å². The molecule has 0 radical (unpaired) electrons. The van der Waals surface area contributed by atoms with Crippen molar-refractivity contribution in [1.82, 2.24) is 4.90 Å². The number of nitrogens with zero attached hydrogens (tertiary/aromatic N) is 1. The molecule has 0 spiro atoms. The Hall–Kier alpha value is -0.570. The summed E-state index contributed by atoms with van der Waals surface area (Å²) in [5, 5.41) is 0. The second-order valence-corrected chi connectivity index (χ2v) is 9.47. The van der Waals surface area contributed by atoms with E-state index in [0.717, 1.165) is 19.3 Å². The Morgan fingerprint density at radius 3 is 1.48 bits per heavy atom. The van der Waals surface area contributed by atoms with Crippen molar-refractivity contribution in [3.8, 4) is 0 Å². The molecule has 3 nitrogen and oxygen atoms in total. The molecular formula is C28H57NO2. The van der Waals surface area contributed by atoms with Crippen LogP contribution in [0.2, 0.25) is 0 Å². The maximum Gasteiger partial charge on any atom is 0.305 e. The number of rotatable bonds is 25. The van der Waals surface area contributed by atoms with Gasteiger partial charge in [-0.15, -0.1) is 0 Å². The first-order valence-electron chi connectivity index (χ1n) is 14.1. The molecule has 3 heteroatoms. The maximum absolute atomic E-state index is 11.9. The molecule has 0 saturated heterocycles. The van der Waals surface area contributed by atoms with Crippen LogP contribution >= 0.6 is 0 Å². The smallest absolute Gasteiger partial charge is 0.305 e. The Morgan fingerprint density at radius 1 is 0.516 bits per heavy atom. The van der Waals surface area contributed by atoms with E-state index in [1.165, 1.54) is 122 Å². The van der Waals surface area contributed by atoms with Crippen LogP contribution in [0.1, 0.15) is 149 Å². The second kappa shape index (κ2) is 25.7. The Bertz CT molecular complexity index is 359. The summed E-state index contributed by atoms with van der Waals surface area (Å²) in [6, 6.07) is 0. The van der Waals surface area contributed by atoms with E-state index in [0.29, 0.717) is 13.0 Å². The Balaban J connectivity index is 3.48. The van der Waals surface area contributed by atoms with E-state index < -0.39 is 0 Å². The van der Waals surface area contributed by atoms with E-state index in [9.17, 15) is 4.79 Å². The van der Waals surface area contributed by atoms with Gasteiger partial charge in [0.15, 0.2) is 0 Å². The topological polar surface area (TPSA) is 29.5 Å². The Labute approximate surface area is 196 Å². The van der Waals surface area contributed by atoms with Gasteiger partial charge >= 0.3 is 5.97 Å². The van der Waals surface area contributed by atoms with Crippen LogP contribution in [0.15, 0.2) is 0 Å². The van der Waals surface area contributed by atoms with Gasteiger partial charge in [-0.2, -0.15) is 0 Å². The first-order chi connectivity index (χ1) is 15.2. The Kier molecular flexibility index (Phi) is 25.2. The van der Waals surface area contributed by atoms with Gasteiger partial charge < -0.3 is 9.64 Å². The number of unbranched alkanes of at least 4 members (excludes halogenated alkanes) is 15. The lowest BCUT2D eigenvalue weighted by Gasteiger charge is -2.21. The van der Waals surface area contributed by atoms with Gasteiger partial charge in [0.1, 0.15) is 0 Å². The number of ether oxygens (including phenoxy) is 1. The number of esters is 1. The summed E-state index contributed by atoms with van der Waals surface area (Å²) >= 11 is 0. The SMILES string of the molecule is CCCCCCCCCCCOC(=O)CCCCCN(CCC)CCCCCCCC. The van der Waals surface area contributed by atoms with Crippen molar-refractivity contribution >= 4 is 5.97 Å². The van der Waals surface area contributed by atoms with E-state index in [2.05, 4.69) is 25.7 Å². The summed E-state index contributed by atoms with van der Waals surface area (Å²) in [4.78, 5) is 14.5. The molecule has 0 heterocycles. The van der Waals surface area contributed by atoms with Crippen molar-refractivity contribution < 1.29 is 9.53 Å². The van der Waals surface area contributed by atoms with Crippen molar-refractivity contribution in [2.24, 2.45) is 0 Å². The normalized spacial score (nSPS) is 11.4. The fraction of sp³-hybridized carbons (Fsp3) is 0.964. The zero-order chi connectivity index (χ0) is 22.8. The van der Waals surface area contributed by atoms with E-state index >= 15 is 0 Å². The summed E-state index contributed by atoms with van der Waals surface area (Å²) in [6.45, 7) is 11.1. The lowest BCUT2D eigenvalue weighted by molar-refractivity contribution is -0.143. The third-order valence-electron chi connectivity index (χ3n) is 6.23. The molecule has 0 fully saturated rings.